The van der Waals surface area contributed by atoms with Gasteiger partial charge in [0, 0.05) is 31.4 Å². The molecule has 2 atom stereocenters. The van der Waals surface area contributed by atoms with E-state index in [1.807, 2.05) is 0 Å². The van der Waals surface area contributed by atoms with E-state index < -0.39 is 0 Å². The smallest absolute Gasteiger partial charge is 0.0393 e. The minimum absolute atomic E-state index is 0.824. The number of anilines is 1. The maximum Gasteiger partial charge on any atom is 0.0393 e. The highest BCUT2D eigenvalue weighted by molar-refractivity contribution is 5.53. The normalized spacial score (nSPS) is 28.6. The average Bonchev–Trinajstić information content (AvgIpc) is 2.75. The van der Waals surface area contributed by atoms with Crippen molar-refractivity contribution in [3.63, 3.8) is 0 Å². The van der Waals surface area contributed by atoms with Gasteiger partial charge in [-0.1, -0.05) is 17.7 Å². The Balaban J connectivity index is 1.55. The Hall–Kier alpha value is -1.02. The van der Waals surface area contributed by atoms with Gasteiger partial charge in [-0.05, 0) is 63.5 Å². The monoisotopic (exact) mass is 272 g/mol. The summed E-state index contributed by atoms with van der Waals surface area (Å²) in [6, 6.07) is 8.44. The van der Waals surface area contributed by atoms with Crippen molar-refractivity contribution < 1.29 is 0 Å². The third kappa shape index (κ3) is 3.01. The third-order valence-corrected chi connectivity index (χ3v) is 5.21. The van der Waals surface area contributed by atoms with Gasteiger partial charge >= 0.3 is 0 Å². The van der Waals surface area contributed by atoms with Crippen molar-refractivity contribution in [3.05, 3.63) is 29.3 Å². The molecule has 1 aromatic rings. The predicted octanol–water partition coefficient (Wildman–Crippen LogP) is 3.66. The lowest BCUT2D eigenvalue weighted by Gasteiger charge is -2.31. The van der Waals surface area contributed by atoms with Gasteiger partial charge in [-0.3, -0.25) is 0 Å². The number of hydrogen-bond acceptors (Lipinski definition) is 2. The van der Waals surface area contributed by atoms with E-state index >= 15 is 0 Å². The molecule has 0 aromatic heterocycles. The van der Waals surface area contributed by atoms with E-state index in [2.05, 4.69) is 49.3 Å². The fourth-order valence-corrected chi connectivity index (χ4v) is 4.14. The molecule has 2 heterocycles. The topological polar surface area (TPSA) is 15.3 Å². The first-order valence-electron chi connectivity index (χ1n) is 8.16. The van der Waals surface area contributed by atoms with Crippen LogP contribution in [0.3, 0.4) is 0 Å². The summed E-state index contributed by atoms with van der Waals surface area (Å²) < 4.78 is 0. The zero-order chi connectivity index (χ0) is 14.1. The van der Waals surface area contributed by atoms with E-state index in [0.717, 1.165) is 18.0 Å². The molecule has 2 aliphatic rings. The van der Waals surface area contributed by atoms with Crippen LogP contribution in [0.1, 0.15) is 43.2 Å². The molecule has 2 unspecified atom stereocenters. The van der Waals surface area contributed by atoms with Gasteiger partial charge in [-0.25, -0.2) is 0 Å². The van der Waals surface area contributed by atoms with Gasteiger partial charge in [0.25, 0.3) is 0 Å². The average molecular weight is 272 g/mol. The molecule has 0 aliphatic carbocycles. The van der Waals surface area contributed by atoms with Gasteiger partial charge in [0.05, 0.1) is 0 Å². The molecule has 2 bridgehead atoms. The predicted molar refractivity (Wildman–Crippen MR) is 86.5 cm³/mol. The first-order chi connectivity index (χ1) is 9.61. The van der Waals surface area contributed by atoms with Crippen LogP contribution in [0.4, 0.5) is 5.69 Å². The van der Waals surface area contributed by atoms with E-state index in [9.17, 15) is 0 Å². The molecule has 2 saturated heterocycles. The molecule has 20 heavy (non-hydrogen) atoms. The molecular weight excluding hydrogens is 244 g/mol. The molecule has 0 saturated carbocycles. The highest BCUT2D eigenvalue weighted by Crippen LogP contribution is 2.33. The zero-order valence-corrected chi connectivity index (χ0v) is 13.2. The summed E-state index contributed by atoms with van der Waals surface area (Å²) in [5.41, 5.74) is 4.15. The summed E-state index contributed by atoms with van der Waals surface area (Å²) in [4.78, 5) is 2.44. The van der Waals surface area contributed by atoms with Gasteiger partial charge in [-0.15, -0.1) is 0 Å². The Labute approximate surface area is 123 Å². The van der Waals surface area contributed by atoms with E-state index in [1.165, 1.54) is 55.5 Å². The molecule has 0 amide bonds. The van der Waals surface area contributed by atoms with Crippen LogP contribution in [0, 0.1) is 19.8 Å². The Morgan fingerprint density at radius 1 is 1.15 bits per heavy atom. The summed E-state index contributed by atoms with van der Waals surface area (Å²) in [7, 11) is 2.24. The van der Waals surface area contributed by atoms with Crippen LogP contribution in [0.5, 0.6) is 0 Å². The lowest BCUT2D eigenvalue weighted by atomic mass is 9.89. The first-order valence-corrected chi connectivity index (χ1v) is 8.16. The van der Waals surface area contributed by atoms with Crippen molar-refractivity contribution in [2.24, 2.45) is 5.92 Å². The number of nitrogens with one attached hydrogen (secondary N) is 1. The maximum atomic E-state index is 3.74. The number of rotatable bonds is 4. The van der Waals surface area contributed by atoms with Crippen LogP contribution in [-0.4, -0.2) is 25.7 Å². The van der Waals surface area contributed by atoms with Gasteiger partial charge < -0.3 is 10.2 Å². The minimum Gasteiger partial charge on any atom is -0.374 e. The zero-order valence-electron chi connectivity index (χ0n) is 13.2. The lowest BCUT2D eigenvalue weighted by molar-refractivity contribution is 0.288. The fourth-order valence-electron chi connectivity index (χ4n) is 4.14. The van der Waals surface area contributed by atoms with Gasteiger partial charge in [0.2, 0.25) is 0 Å². The Kier molecular flexibility index (Phi) is 4.02. The van der Waals surface area contributed by atoms with Crippen molar-refractivity contribution >= 4 is 5.69 Å². The summed E-state index contributed by atoms with van der Waals surface area (Å²) in [6.45, 7) is 5.58. The number of hydrogen-bond donors (Lipinski definition) is 1. The van der Waals surface area contributed by atoms with Crippen LogP contribution in [0.15, 0.2) is 18.2 Å². The van der Waals surface area contributed by atoms with Gasteiger partial charge in [0.1, 0.15) is 0 Å². The first kappa shape index (κ1) is 13.9. The molecular formula is C18H28N2. The maximum absolute atomic E-state index is 3.74. The van der Waals surface area contributed by atoms with Gasteiger partial charge in [-0.2, -0.15) is 0 Å². The number of fused-ring (bicyclic) bond motifs is 2. The van der Waals surface area contributed by atoms with Gasteiger partial charge in [0.15, 0.2) is 0 Å². The van der Waals surface area contributed by atoms with E-state index in [4.69, 9.17) is 0 Å². The Morgan fingerprint density at radius 3 is 2.50 bits per heavy atom. The number of piperidine rings is 1. The molecule has 2 fully saturated rings. The van der Waals surface area contributed by atoms with E-state index in [0.29, 0.717) is 0 Å². The number of benzene rings is 1. The number of aryl methyl sites for hydroxylation is 2. The van der Waals surface area contributed by atoms with Crippen molar-refractivity contribution in [2.75, 3.05) is 18.5 Å². The summed E-state index contributed by atoms with van der Waals surface area (Å²) in [5, 5.41) is 3.74. The molecule has 3 rings (SSSR count). The molecule has 1 aromatic carbocycles. The number of nitrogens with zero attached hydrogens (tertiary/aromatic N) is 1. The molecule has 1 N–H and O–H groups in total. The highest BCUT2D eigenvalue weighted by atomic mass is 15.1. The van der Waals surface area contributed by atoms with Crippen molar-refractivity contribution in [1.29, 1.82) is 0 Å². The SMILES string of the molecule is Cc1ccc(N(C)CCC2CC3CCC(C2)N3)c(C)c1. The highest BCUT2D eigenvalue weighted by Gasteiger charge is 2.33. The van der Waals surface area contributed by atoms with Crippen LogP contribution >= 0.6 is 0 Å². The second-order valence-electron chi connectivity index (χ2n) is 6.98. The summed E-state index contributed by atoms with van der Waals surface area (Å²) in [5.74, 6) is 0.932. The van der Waals surface area contributed by atoms with Crippen LogP contribution < -0.4 is 10.2 Å². The molecule has 2 heteroatoms. The molecule has 2 aliphatic heterocycles. The van der Waals surface area contributed by atoms with E-state index in [-0.39, 0.29) is 0 Å². The van der Waals surface area contributed by atoms with Crippen molar-refractivity contribution in [2.45, 2.75) is 58.0 Å². The van der Waals surface area contributed by atoms with Crippen LogP contribution in [0.2, 0.25) is 0 Å². The standard InChI is InChI=1S/C18H28N2/c1-13-4-7-18(14(2)10-13)20(3)9-8-15-11-16-5-6-17(12-15)19-16/h4,7,10,15-17,19H,5-6,8-9,11-12H2,1-3H3. The minimum atomic E-state index is 0.824. The molecule has 0 spiro atoms. The summed E-state index contributed by atoms with van der Waals surface area (Å²) in [6.07, 6.45) is 6.97. The molecule has 2 nitrogen and oxygen atoms in total. The van der Waals surface area contributed by atoms with Crippen LogP contribution in [-0.2, 0) is 0 Å². The summed E-state index contributed by atoms with van der Waals surface area (Å²) >= 11 is 0. The third-order valence-electron chi connectivity index (χ3n) is 5.21. The van der Waals surface area contributed by atoms with E-state index in [1.54, 1.807) is 0 Å². The van der Waals surface area contributed by atoms with Crippen molar-refractivity contribution in [1.82, 2.24) is 5.32 Å². The second-order valence-corrected chi connectivity index (χ2v) is 6.98. The molecule has 0 radical (unpaired) electrons. The fraction of sp³-hybridized carbons (Fsp3) is 0.667. The van der Waals surface area contributed by atoms with Crippen LogP contribution in [0.25, 0.3) is 0 Å². The quantitative estimate of drug-likeness (QED) is 0.900. The molecule has 110 valence electrons. The Bertz CT molecular complexity index is 456. The Morgan fingerprint density at radius 2 is 1.85 bits per heavy atom. The second kappa shape index (κ2) is 5.77. The van der Waals surface area contributed by atoms with Crippen molar-refractivity contribution in [3.8, 4) is 0 Å². The largest absolute Gasteiger partial charge is 0.374 e. The lowest BCUT2D eigenvalue weighted by Crippen LogP contribution is -2.39.